The average molecular weight is 592 g/mol. The van der Waals surface area contributed by atoms with E-state index >= 15 is 0 Å². The van der Waals surface area contributed by atoms with Crippen molar-refractivity contribution in [2.45, 2.75) is 65.0 Å². The summed E-state index contributed by atoms with van der Waals surface area (Å²) in [5.74, 6) is -2.49. The highest BCUT2D eigenvalue weighted by molar-refractivity contribution is 6.23. The number of aliphatic hydroxyl groups excluding tert-OH is 1. The van der Waals surface area contributed by atoms with Gasteiger partial charge in [-0.15, -0.1) is 0 Å². The Bertz CT molecular complexity index is 1190. The summed E-state index contributed by atoms with van der Waals surface area (Å²) in [5.41, 5.74) is 5.99. The van der Waals surface area contributed by atoms with Crippen molar-refractivity contribution in [2.24, 2.45) is 17.6 Å². The number of methoxy groups -OCH3 is 2. The van der Waals surface area contributed by atoms with Gasteiger partial charge in [0.2, 0.25) is 11.6 Å². The number of amides is 2. The van der Waals surface area contributed by atoms with Crippen molar-refractivity contribution in [3.63, 3.8) is 0 Å². The first-order valence-corrected chi connectivity index (χ1v) is 13.7. The highest BCUT2D eigenvalue weighted by Crippen LogP contribution is 2.28. The summed E-state index contributed by atoms with van der Waals surface area (Å²) in [7, 11) is 2.87. The van der Waals surface area contributed by atoms with Gasteiger partial charge in [0.1, 0.15) is 12.8 Å². The molecule has 2 rings (SSSR count). The van der Waals surface area contributed by atoms with E-state index in [0.717, 1.165) is 6.08 Å². The second kappa shape index (κ2) is 16.1. The molecule has 0 saturated heterocycles. The van der Waals surface area contributed by atoms with Crippen LogP contribution < -0.4 is 16.4 Å². The number of primary amides is 1. The fraction of sp³-hybridized carbons (Fsp3) is 0.533. The summed E-state index contributed by atoms with van der Waals surface area (Å²) in [6, 6.07) is 0. The Morgan fingerprint density at radius 1 is 1.19 bits per heavy atom. The Kier molecular flexibility index (Phi) is 13.3. The van der Waals surface area contributed by atoms with Gasteiger partial charge in [0.25, 0.3) is 5.91 Å². The van der Waals surface area contributed by atoms with Crippen LogP contribution in [-0.4, -0.2) is 80.5 Å². The zero-order chi connectivity index (χ0) is 31.6. The lowest BCUT2D eigenvalue weighted by atomic mass is 9.85. The van der Waals surface area contributed by atoms with E-state index in [1.807, 2.05) is 6.92 Å². The van der Waals surface area contributed by atoms with Gasteiger partial charge in [-0.1, -0.05) is 38.2 Å². The normalized spacial score (nSPS) is 31.7. The molecule has 0 saturated carbocycles. The number of alkyl halides is 1. The fourth-order valence-corrected chi connectivity index (χ4v) is 4.95. The molecule has 5 N–H and O–H groups in total. The Balaban J connectivity index is 2.61. The van der Waals surface area contributed by atoms with E-state index in [4.69, 9.17) is 19.9 Å². The van der Waals surface area contributed by atoms with E-state index in [1.165, 1.54) is 33.3 Å². The molecule has 2 aliphatic rings. The van der Waals surface area contributed by atoms with Crippen molar-refractivity contribution in [3.05, 3.63) is 58.5 Å². The monoisotopic (exact) mass is 591 g/mol. The van der Waals surface area contributed by atoms with Gasteiger partial charge in [0.15, 0.2) is 6.10 Å². The maximum absolute atomic E-state index is 13.5. The Hall–Kier alpha value is -3.61. The number of carbonyl (C=O) groups excluding carboxylic acids is 4. The molecule has 42 heavy (non-hydrogen) atoms. The van der Waals surface area contributed by atoms with Gasteiger partial charge >= 0.3 is 6.09 Å². The molecule has 12 heteroatoms. The van der Waals surface area contributed by atoms with Gasteiger partial charge in [0, 0.05) is 43.9 Å². The summed E-state index contributed by atoms with van der Waals surface area (Å²) in [6.07, 6.45) is 3.29. The van der Waals surface area contributed by atoms with E-state index in [9.17, 15) is 28.7 Å². The first-order chi connectivity index (χ1) is 19.8. The summed E-state index contributed by atoms with van der Waals surface area (Å²) in [4.78, 5) is 51.1. The van der Waals surface area contributed by atoms with Crippen LogP contribution in [-0.2, 0) is 28.6 Å². The minimum Gasteiger partial charge on any atom is -0.439 e. The highest BCUT2D eigenvalue weighted by Gasteiger charge is 2.33. The molecular weight excluding hydrogens is 549 g/mol. The van der Waals surface area contributed by atoms with Crippen LogP contribution in [0.4, 0.5) is 9.18 Å². The van der Waals surface area contributed by atoms with E-state index in [2.05, 4.69) is 10.6 Å². The van der Waals surface area contributed by atoms with E-state index in [1.54, 1.807) is 26.0 Å². The quantitative estimate of drug-likeness (QED) is 0.268. The number of carbonyl (C=O) groups is 4. The van der Waals surface area contributed by atoms with Crippen LogP contribution in [0.1, 0.15) is 40.5 Å². The number of fused-ring (bicyclic) bond motifs is 2. The summed E-state index contributed by atoms with van der Waals surface area (Å²) in [5, 5.41) is 16.4. The van der Waals surface area contributed by atoms with Crippen LogP contribution in [0.3, 0.4) is 0 Å². The van der Waals surface area contributed by atoms with Gasteiger partial charge in [-0.25, -0.2) is 9.18 Å². The number of Topliss-reactive ketones (excluding diaryl/α,β-unsaturated/α-hetero) is 1. The van der Waals surface area contributed by atoms with Crippen molar-refractivity contribution >= 4 is 23.6 Å². The molecule has 232 valence electrons. The van der Waals surface area contributed by atoms with E-state index in [0.29, 0.717) is 12.0 Å². The molecule has 6 atom stereocenters. The second-order valence-corrected chi connectivity index (χ2v) is 10.5. The lowest BCUT2D eigenvalue weighted by Crippen LogP contribution is -2.38. The number of rotatable bonds is 6. The molecule has 1 aliphatic heterocycles. The summed E-state index contributed by atoms with van der Waals surface area (Å²) in [6.45, 7) is 5.92. The topological polar surface area (TPSA) is 166 Å². The molecule has 0 spiro atoms. The zero-order valence-corrected chi connectivity index (χ0v) is 24.9. The zero-order valence-electron chi connectivity index (χ0n) is 24.9. The molecule has 0 unspecified atom stereocenters. The lowest BCUT2D eigenvalue weighted by molar-refractivity contribution is -0.120. The maximum Gasteiger partial charge on any atom is 0.405 e. The SMILES string of the molecule is CO[C@H]1/C=C\C=C(/C)C(=O)NC2=CC(=O)C(NCCF)=C(C[C@@H](C)C[C@H](OC)[C@H](O)[C@@H](C)/C=C(\C)[C@@H]1OC(N)=O)C2=O. The molecule has 0 aromatic carbocycles. The van der Waals surface area contributed by atoms with Gasteiger partial charge < -0.3 is 35.7 Å². The predicted molar refractivity (Wildman–Crippen MR) is 154 cm³/mol. The Labute approximate surface area is 245 Å². The molecule has 2 amide bonds. The van der Waals surface area contributed by atoms with Crippen LogP contribution in [0, 0.1) is 11.8 Å². The van der Waals surface area contributed by atoms with Crippen molar-refractivity contribution < 1.29 is 42.9 Å². The summed E-state index contributed by atoms with van der Waals surface area (Å²) >= 11 is 0. The first kappa shape index (κ1) is 34.6. The van der Waals surface area contributed by atoms with Crippen LogP contribution >= 0.6 is 0 Å². The fourth-order valence-electron chi connectivity index (χ4n) is 4.95. The van der Waals surface area contributed by atoms with Crippen molar-refractivity contribution in [1.82, 2.24) is 10.6 Å². The second-order valence-electron chi connectivity index (χ2n) is 10.5. The van der Waals surface area contributed by atoms with Gasteiger partial charge in [-0.3, -0.25) is 14.4 Å². The third kappa shape index (κ3) is 9.20. The first-order valence-electron chi connectivity index (χ1n) is 13.7. The molecule has 0 fully saturated rings. The van der Waals surface area contributed by atoms with Gasteiger partial charge in [-0.05, 0) is 38.2 Å². The Morgan fingerprint density at radius 2 is 1.88 bits per heavy atom. The molecule has 11 nitrogen and oxygen atoms in total. The predicted octanol–water partition coefficient (Wildman–Crippen LogP) is 2.32. The van der Waals surface area contributed by atoms with E-state index in [-0.39, 0.29) is 41.4 Å². The third-order valence-electron chi connectivity index (χ3n) is 7.19. The third-order valence-corrected chi connectivity index (χ3v) is 7.19. The van der Waals surface area contributed by atoms with Crippen LogP contribution in [0.15, 0.2) is 58.5 Å². The molecule has 1 heterocycles. The lowest BCUT2D eigenvalue weighted by Gasteiger charge is -2.30. The number of ketones is 2. The van der Waals surface area contributed by atoms with E-state index < -0.39 is 60.6 Å². The van der Waals surface area contributed by atoms with Crippen molar-refractivity contribution in [1.29, 1.82) is 0 Å². The van der Waals surface area contributed by atoms with Crippen molar-refractivity contribution in [2.75, 3.05) is 27.4 Å². The smallest absolute Gasteiger partial charge is 0.405 e. The molecule has 0 aromatic heterocycles. The van der Waals surface area contributed by atoms with Crippen LogP contribution in [0.5, 0.6) is 0 Å². The summed E-state index contributed by atoms with van der Waals surface area (Å²) < 4.78 is 29.4. The minimum absolute atomic E-state index is 0.0175. The number of allylic oxidation sites excluding steroid dienone is 4. The number of hydrogen-bond acceptors (Lipinski definition) is 9. The van der Waals surface area contributed by atoms with Crippen LogP contribution in [0.25, 0.3) is 0 Å². The molecule has 0 aromatic rings. The number of hydrogen-bond donors (Lipinski definition) is 4. The van der Waals surface area contributed by atoms with Gasteiger partial charge in [0.05, 0.1) is 23.6 Å². The largest absolute Gasteiger partial charge is 0.439 e. The molecule has 2 bridgehead atoms. The highest BCUT2D eigenvalue weighted by atomic mass is 19.1. The van der Waals surface area contributed by atoms with Gasteiger partial charge in [-0.2, -0.15) is 0 Å². The number of nitrogens with one attached hydrogen (secondary N) is 2. The number of halogens is 1. The van der Waals surface area contributed by atoms with Crippen LogP contribution in [0.2, 0.25) is 0 Å². The molecule has 0 radical (unpaired) electrons. The average Bonchev–Trinajstić information content (AvgIpc) is 2.94. The maximum atomic E-state index is 13.5. The number of aliphatic hydroxyl groups is 1. The Morgan fingerprint density at radius 3 is 2.48 bits per heavy atom. The molecule has 1 aliphatic carbocycles. The minimum atomic E-state index is -1.02. The van der Waals surface area contributed by atoms with Crippen molar-refractivity contribution in [3.8, 4) is 0 Å². The standard InChI is InChI=1S/C30H42FN3O8/c1-16-12-20-25(33-11-10-31)22(35)15-21(27(20)37)34-29(38)17(2)8-7-9-23(40-5)28(42-30(32)39)19(4)14-18(3)26(36)24(13-16)41-6/h7-9,14-16,18,23-24,26,28,33,36H,10-13H2,1-6H3,(H2,32,39)(H,34,38)/b9-7-,17-8+,19-14+/t16-,18+,23+,24+,26-,28+/m1/s1. The molecular formula is C30H42FN3O8. The number of ether oxygens (including phenoxy) is 3. The number of nitrogens with two attached hydrogens (primary N) is 1.